The minimum absolute atomic E-state index is 1.17. The van der Waals surface area contributed by atoms with Crippen LogP contribution in [0.5, 0.6) is 0 Å². The zero-order chi connectivity index (χ0) is 14.7. The highest BCUT2D eigenvalue weighted by atomic mass is 79.9. The van der Waals surface area contributed by atoms with Crippen LogP contribution in [0.25, 0.3) is 21.5 Å². The average Bonchev–Trinajstić information content (AvgIpc) is 2.54. The molecule has 0 aliphatic heterocycles. The molecule has 0 N–H and O–H groups in total. The Bertz CT molecular complexity index is 701. The van der Waals surface area contributed by atoms with Gasteiger partial charge in [-0.1, -0.05) is 74.7 Å². The molecule has 0 heterocycles. The summed E-state index contributed by atoms with van der Waals surface area (Å²) in [6.45, 7) is 2.27. The number of hydrogen-bond acceptors (Lipinski definition) is 0. The third-order valence-corrected chi connectivity index (χ3v) is 5.11. The fraction of sp³-hybridized carbons (Fsp3) is 0.300. The van der Waals surface area contributed by atoms with Gasteiger partial charge in [0.05, 0.1) is 0 Å². The molecular weight excluding hydrogens is 320 g/mol. The molecule has 0 nitrogen and oxygen atoms in total. The van der Waals surface area contributed by atoms with Crippen LogP contribution in [0, 0.1) is 0 Å². The fourth-order valence-electron chi connectivity index (χ4n) is 3.16. The van der Waals surface area contributed by atoms with Gasteiger partial charge in [-0.15, -0.1) is 0 Å². The minimum atomic E-state index is 1.17. The standard InChI is InChI=1S/C20H21Br/c1-2-3-4-5-10-15-16-11-6-8-13-18(16)20(21)19-14-9-7-12-17(15)19/h6-9,11-14H,2-5,10H2,1H3. The van der Waals surface area contributed by atoms with Crippen molar-refractivity contribution in [1.82, 2.24) is 0 Å². The molecular formula is C20H21Br. The van der Waals surface area contributed by atoms with Crippen molar-refractivity contribution >= 4 is 37.5 Å². The van der Waals surface area contributed by atoms with Gasteiger partial charge in [0.15, 0.2) is 0 Å². The summed E-state index contributed by atoms with van der Waals surface area (Å²) >= 11 is 3.81. The lowest BCUT2D eigenvalue weighted by Crippen LogP contribution is -1.92. The van der Waals surface area contributed by atoms with Crippen LogP contribution in [-0.2, 0) is 6.42 Å². The van der Waals surface area contributed by atoms with E-state index in [2.05, 4.69) is 71.4 Å². The maximum absolute atomic E-state index is 3.81. The van der Waals surface area contributed by atoms with E-state index in [0.717, 1.165) is 0 Å². The van der Waals surface area contributed by atoms with Gasteiger partial charge >= 0.3 is 0 Å². The first kappa shape index (κ1) is 14.6. The molecule has 3 aromatic carbocycles. The molecule has 3 aromatic rings. The van der Waals surface area contributed by atoms with Crippen molar-refractivity contribution in [3.63, 3.8) is 0 Å². The van der Waals surface area contributed by atoms with Crippen molar-refractivity contribution in [2.24, 2.45) is 0 Å². The van der Waals surface area contributed by atoms with E-state index < -0.39 is 0 Å². The number of rotatable bonds is 5. The summed E-state index contributed by atoms with van der Waals surface area (Å²) in [5.74, 6) is 0. The third-order valence-electron chi connectivity index (χ3n) is 4.26. The molecule has 0 bridgehead atoms. The smallest absolute Gasteiger partial charge is 0.0332 e. The normalized spacial score (nSPS) is 11.3. The van der Waals surface area contributed by atoms with Crippen LogP contribution >= 0.6 is 15.9 Å². The highest BCUT2D eigenvalue weighted by Gasteiger charge is 2.11. The van der Waals surface area contributed by atoms with Crippen LogP contribution in [0.15, 0.2) is 53.0 Å². The number of fused-ring (bicyclic) bond motifs is 2. The number of unbranched alkanes of at least 4 members (excludes halogenated alkanes) is 3. The molecule has 0 atom stereocenters. The van der Waals surface area contributed by atoms with Crippen molar-refractivity contribution in [3.05, 3.63) is 58.6 Å². The van der Waals surface area contributed by atoms with E-state index >= 15 is 0 Å². The Morgan fingerprint density at radius 2 is 1.24 bits per heavy atom. The molecule has 0 unspecified atom stereocenters. The maximum Gasteiger partial charge on any atom is 0.0332 e. The molecule has 0 aromatic heterocycles. The molecule has 108 valence electrons. The van der Waals surface area contributed by atoms with Crippen LogP contribution in [0.4, 0.5) is 0 Å². The molecule has 0 saturated heterocycles. The Kier molecular flexibility index (Phi) is 4.60. The number of hydrogen-bond donors (Lipinski definition) is 0. The van der Waals surface area contributed by atoms with Gasteiger partial charge in [0.2, 0.25) is 0 Å². The number of aryl methyl sites for hydroxylation is 1. The molecule has 0 radical (unpaired) electrons. The van der Waals surface area contributed by atoms with Crippen LogP contribution in [0.1, 0.15) is 38.2 Å². The van der Waals surface area contributed by atoms with Gasteiger partial charge in [-0.05, 0) is 55.9 Å². The maximum atomic E-state index is 3.81. The summed E-state index contributed by atoms with van der Waals surface area (Å²) in [6, 6.07) is 17.5. The summed E-state index contributed by atoms with van der Waals surface area (Å²) in [5.41, 5.74) is 1.51. The summed E-state index contributed by atoms with van der Waals surface area (Å²) in [5, 5.41) is 5.47. The summed E-state index contributed by atoms with van der Waals surface area (Å²) in [7, 11) is 0. The Balaban J connectivity index is 2.15. The van der Waals surface area contributed by atoms with Crippen molar-refractivity contribution in [2.75, 3.05) is 0 Å². The molecule has 3 rings (SSSR count). The largest absolute Gasteiger partial charge is 0.0654 e. The summed E-state index contributed by atoms with van der Waals surface area (Å²) < 4.78 is 1.23. The lowest BCUT2D eigenvalue weighted by Gasteiger charge is -2.14. The summed E-state index contributed by atoms with van der Waals surface area (Å²) in [6.07, 6.45) is 6.42. The van der Waals surface area contributed by atoms with Gasteiger partial charge < -0.3 is 0 Å². The van der Waals surface area contributed by atoms with Crippen molar-refractivity contribution in [3.8, 4) is 0 Å². The Hall–Kier alpha value is -1.34. The topological polar surface area (TPSA) is 0 Å². The third kappa shape index (κ3) is 2.85. The Labute approximate surface area is 135 Å². The molecule has 0 amide bonds. The quantitative estimate of drug-likeness (QED) is 0.350. The predicted molar refractivity (Wildman–Crippen MR) is 97.0 cm³/mol. The van der Waals surface area contributed by atoms with Crippen LogP contribution in [-0.4, -0.2) is 0 Å². The van der Waals surface area contributed by atoms with Crippen LogP contribution in [0.3, 0.4) is 0 Å². The Morgan fingerprint density at radius 3 is 1.76 bits per heavy atom. The van der Waals surface area contributed by atoms with E-state index in [9.17, 15) is 0 Å². The zero-order valence-corrected chi connectivity index (χ0v) is 14.1. The summed E-state index contributed by atoms with van der Waals surface area (Å²) in [4.78, 5) is 0. The first-order valence-electron chi connectivity index (χ1n) is 7.90. The van der Waals surface area contributed by atoms with Gasteiger partial charge in [-0.2, -0.15) is 0 Å². The van der Waals surface area contributed by atoms with E-state index in [0.29, 0.717) is 0 Å². The fourth-order valence-corrected chi connectivity index (χ4v) is 3.85. The molecule has 21 heavy (non-hydrogen) atoms. The van der Waals surface area contributed by atoms with Crippen LogP contribution in [0.2, 0.25) is 0 Å². The van der Waals surface area contributed by atoms with Crippen molar-refractivity contribution in [2.45, 2.75) is 39.0 Å². The first-order chi connectivity index (χ1) is 10.3. The minimum Gasteiger partial charge on any atom is -0.0654 e. The van der Waals surface area contributed by atoms with E-state index in [1.807, 2.05) is 0 Å². The first-order valence-corrected chi connectivity index (χ1v) is 8.70. The second-order valence-corrected chi connectivity index (χ2v) is 6.49. The zero-order valence-electron chi connectivity index (χ0n) is 12.5. The monoisotopic (exact) mass is 340 g/mol. The molecule has 1 heteroatoms. The van der Waals surface area contributed by atoms with Crippen molar-refractivity contribution < 1.29 is 0 Å². The predicted octanol–water partition coefficient (Wildman–Crippen LogP) is 6.88. The van der Waals surface area contributed by atoms with Gasteiger partial charge in [0.1, 0.15) is 0 Å². The van der Waals surface area contributed by atoms with Crippen LogP contribution < -0.4 is 0 Å². The molecule has 0 saturated carbocycles. The SMILES string of the molecule is CCCCCCc1c2ccccc2c(Br)c2ccccc12. The van der Waals surface area contributed by atoms with Gasteiger partial charge in [-0.25, -0.2) is 0 Å². The second-order valence-electron chi connectivity index (χ2n) is 5.69. The molecule has 0 aliphatic rings. The number of benzene rings is 3. The lowest BCUT2D eigenvalue weighted by atomic mass is 9.93. The van der Waals surface area contributed by atoms with E-state index in [4.69, 9.17) is 0 Å². The lowest BCUT2D eigenvalue weighted by molar-refractivity contribution is 0.669. The van der Waals surface area contributed by atoms with Gasteiger partial charge in [0, 0.05) is 4.47 Å². The number of halogens is 1. The van der Waals surface area contributed by atoms with Gasteiger partial charge in [-0.3, -0.25) is 0 Å². The van der Waals surface area contributed by atoms with E-state index in [1.165, 1.54) is 63.7 Å². The average molecular weight is 341 g/mol. The van der Waals surface area contributed by atoms with Gasteiger partial charge in [0.25, 0.3) is 0 Å². The molecule has 0 spiro atoms. The second kappa shape index (κ2) is 6.62. The molecule has 0 aliphatic carbocycles. The Morgan fingerprint density at radius 1 is 0.714 bits per heavy atom. The highest BCUT2D eigenvalue weighted by molar-refractivity contribution is 9.10. The highest BCUT2D eigenvalue weighted by Crippen LogP contribution is 2.36. The molecule has 0 fully saturated rings. The van der Waals surface area contributed by atoms with Crippen molar-refractivity contribution in [1.29, 1.82) is 0 Å². The van der Waals surface area contributed by atoms with E-state index in [1.54, 1.807) is 0 Å². The van der Waals surface area contributed by atoms with E-state index in [-0.39, 0.29) is 0 Å².